The first kappa shape index (κ1) is 22.3. The Morgan fingerprint density at radius 3 is 2.97 bits per heavy atom. The van der Waals surface area contributed by atoms with Crippen molar-refractivity contribution in [1.29, 1.82) is 0 Å². The summed E-state index contributed by atoms with van der Waals surface area (Å²) < 4.78 is 44.2. The highest BCUT2D eigenvalue weighted by Gasteiger charge is 2.29. The van der Waals surface area contributed by atoms with Crippen LogP contribution in [0, 0.1) is 5.82 Å². The van der Waals surface area contributed by atoms with Crippen molar-refractivity contribution in [3.05, 3.63) is 47.5 Å². The Morgan fingerprint density at radius 2 is 2.18 bits per heavy atom. The molecule has 34 heavy (non-hydrogen) atoms. The fourth-order valence-corrected chi connectivity index (χ4v) is 5.36. The summed E-state index contributed by atoms with van der Waals surface area (Å²) >= 11 is 0. The fraction of sp³-hybridized carbons (Fsp3) is 0.318. The van der Waals surface area contributed by atoms with Crippen molar-refractivity contribution in [2.45, 2.75) is 43.7 Å². The molecule has 2 aromatic heterocycles. The average molecular weight is 487 g/mol. The van der Waals surface area contributed by atoms with Gasteiger partial charge in [-0.05, 0) is 55.0 Å². The molecule has 5 rings (SSSR count). The number of carbonyl (C=O) groups excluding carboxylic acids is 1. The first-order valence-electron chi connectivity index (χ1n) is 10.7. The first-order chi connectivity index (χ1) is 16.3. The van der Waals surface area contributed by atoms with Crippen LogP contribution in [0.25, 0.3) is 11.1 Å². The summed E-state index contributed by atoms with van der Waals surface area (Å²) in [6.45, 7) is 2.32. The number of fused-ring (bicyclic) bond motifs is 2. The van der Waals surface area contributed by atoms with E-state index in [0.29, 0.717) is 53.2 Å². The van der Waals surface area contributed by atoms with E-state index in [2.05, 4.69) is 19.8 Å². The third-order valence-corrected chi connectivity index (χ3v) is 7.22. The Labute approximate surface area is 195 Å². The molecule has 3 heterocycles. The minimum atomic E-state index is -3.64. The molecule has 0 fully saturated rings. The van der Waals surface area contributed by atoms with Crippen LogP contribution in [-0.2, 0) is 29.3 Å². The molecule has 2 amide bonds. The van der Waals surface area contributed by atoms with Crippen LogP contribution >= 0.6 is 0 Å². The second-order valence-electron chi connectivity index (χ2n) is 8.19. The molecule has 0 spiro atoms. The molecule has 12 heteroatoms. The zero-order valence-corrected chi connectivity index (χ0v) is 19.4. The molecule has 3 aromatic rings. The van der Waals surface area contributed by atoms with Gasteiger partial charge in [0.05, 0.1) is 25.5 Å². The summed E-state index contributed by atoms with van der Waals surface area (Å²) in [5.41, 5.74) is 2.67. The summed E-state index contributed by atoms with van der Waals surface area (Å²) in [7, 11) is -2.17. The Balaban J connectivity index is 1.55. The molecule has 178 valence electrons. The molecule has 2 atom stereocenters. The number of amides is 2. The van der Waals surface area contributed by atoms with E-state index in [4.69, 9.17) is 14.6 Å². The summed E-state index contributed by atoms with van der Waals surface area (Å²) in [6.07, 6.45) is 4.56. The highest BCUT2D eigenvalue weighted by Crippen LogP contribution is 2.40. The lowest BCUT2D eigenvalue weighted by Crippen LogP contribution is -2.19. The van der Waals surface area contributed by atoms with Gasteiger partial charge in [-0.25, -0.2) is 28.2 Å². The average Bonchev–Trinajstić information content (AvgIpc) is 3.51. The lowest BCUT2D eigenvalue weighted by Gasteiger charge is -2.16. The molecule has 10 nitrogen and oxygen atoms in total. The first-order valence-corrected chi connectivity index (χ1v) is 12.3. The van der Waals surface area contributed by atoms with Crippen molar-refractivity contribution < 1.29 is 22.9 Å². The monoisotopic (exact) mass is 486 g/mol. The van der Waals surface area contributed by atoms with Crippen LogP contribution in [-0.4, -0.2) is 38.2 Å². The summed E-state index contributed by atoms with van der Waals surface area (Å²) in [5.74, 6) is 0.232. The SMILES string of the molecule is COc1cc(-c2cc(F)c3c(c2NC(=O)N=[S@@](N)(=O)c2cnn4c2O[C@H](C)C4)CCC3)ccn1. The molecule has 1 aromatic carbocycles. The Hall–Kier alpha value is -3.51. The highest BCUT2D eigenvalue weighted by molar-refractivity contribution is 7.91. The van der Waals surface area contributed by atoms with Gasteiger partial charge in [-0.3, -0.25) is 0 Å². The van der Waals surface area contributed by atoms with Gasteiger partial charge < -0.3 is 14.8 Å². The van der Waals surface area contributed by atoms with Gasteiger partial charge in [0.2, 0.25) is 11.8 Å². The van der Waals surface area contributed by atoms with E-state index >= 15 is 0 Å². The molecular weight excluding hydrogens is 463 g/mol. The maximum absolute atomic E-state index is 14.9. The number of hydrogen-bond donors (Lipinski definition) is 2. The maximum Gasteiger partial charge on any atom is 0.354 e. The largest absolute Gasteiger partial charge is 0.481 e. The predicted molar refractivity (Wildman–Crippen MR) is 123 cm³/mol. The smallest absolute Gasteiger partial charge is 0.354 e. The number of methoxy groups -OCH3 is 1. The molecule has 0 bridgehead atoms. The van der Waals surface area contributed by atoms with E-state index in [9.17, 15) is 13.4 Å². The summed E-state index contributed by atoms with van der Waals surface area (Å²) in [4.78, 5) is 17.1. The lowest BCUT2D eigenvalue weighted by molar-refractivity contribution is 0.248. The summed E-state index contributed by atoms with van der Waals surface area (Å²) in [6, 6.07) is 3.78. The number of nitrogens with two attached hydrogens (primary N) is 1. The molecule has 1 aliphatic heterocycles. The fourth-order valence-electron chi connectivity index (χ4n) is 4.37. The van der Waals surface area contributed by atoms with E-state index in [1.807, 2.05) is 6.92 Å². The van der Waals surface area contributed by atoms with Crippen molar-refractivity contribution in [1.82, 2.24) is 14.8 Å². The number of halogens is 1. The Bertz CT molecular complexity index is 1430. The minimum absolute atomic E-state index is 0.0513. The molecular formula is C22H23FN6O4S. The number of ether oxygens (including phenoxy) is 2. The van der Waals surface area contributed by atoms with Crippen LogP contribution in [0.5, 0.6) is 11.8 Å². The number of nitrogens with zero attached hydrogens (tertiary/aromatic N) is 4. The van der Waals surface area contributed by atoms with Crippen LogP contribution in [0.3, 0.4) is 0 Å². The number of anilines is 1. The van der Waals surface area contributed by atoms with Crippen LogP contribution in [0.4, 0.5) is 14.9 Å². The molecule has 0 saturated carbocycles. The van der Waals surface area contributed by atoms with E-state index in [-0.39, 0.29) is 22.7 Å². The van der Waals surface area contributed by atoms with Crippen molar-refractivity contribution in [2.24, 2.45) is 9.50 Å². The maximum atomic E-state index is 14.9. The molecule has 3 N–H and O–H groups in total. The van der Waals surface area contributed by atoms with Crippen molar-refractivity contribution in [3.63, 3.8) is 0 Å². The van der Waals surface area contributed by atoms with Crippen molar-refractivity contribution >= 4 is 21.6 Å². The van der Waals surface area contributed by atoms with E-state index < -0.39 is 15.9 Å². The van der Waals surface area contributed by atoms with Crippen LogP contribution in [0.1, 0.15) is 24.5 Å². The molecule has 0 saturated heterocycles. The van der Waals surface area contributed by atoms with Gasteiger partial charge in [-0.2, -0.15) is 5.10 Å². The third-order valence-electron chi connectivity index (χ3n) is 5.87. The second kappa shape index (κ2) is 8.37. The Kier molecular flexibility index (Phi) is 5.48. The Morgan fingerprint density at radius 1 is 1.38 bits per heavy atom. The highest BCUT2D eigenvalue weighted by atomic mass is 32.2. The van der Waals surface area contributed by atoms with Gasteiger partial charge >= 0.3 is 6.03 Å². The number of rotatable bonds is 4. The second-order valence-corrected chi connectivity index (χ2v) is 9.95. The standard InChI is InChI=1S/C22H23FN6O4S/c1-12-11-29-21(33-12)18(10-26-29)34(24,31)28-22(30)27-20-15-5-3-4-14(15)17(23)9-16(20)13-6-7-25-19(8-13)32-2/h6-10,12H,3-5,11H2,1-2H3,(H3,24,27,28,30,31)/t12-,34-/m1/s1. The topological polar surface area (TPSA) is 134 Å². The van der Waals surface area contributed by atoms with Crippen molar-refractivity contribution in [3.8, 4) is 22.9 Å². The van der Waals surface area contributed by atoms with Crippen LogP contribution in [0.15, 0.2) is 39.9 Å². The minimum Gasteiger partial charge on any atom is -0.481 e. The zero-order chi connectivity index (χ0) is 24.0. The van der Waals surface area contributed by atoms with Gasteiger partial charge in [0, 0.05) is 17.8 Å². The number of hydrogen-bond acceptors (Lipinski definition) is 6. The number of carbonyl (C=O) groups is 1. The quantitative estimate of drug-likeness (QED) is 0.581. The van der Waals surface area contributed by atoms with Gasteiger partial charge in [-0.15, -0.1) is 4.36 Å². The molecule has 1 aliphatic carbocycles. The number of nitrogens with one attached hydrogen (secondary N) is 1. The number of pyridine rings is 1. The van der Waals surface area contributed by atoms with Gasteiger partial charge in [0.15, 0.2) is 9.92 Å². The van der Waals surface area contributed by atoms with Gasteiger partial charge in [0.25, 0.3) is 0 Å². The predicted octanol–water partition coefficient (Wildman–Crippen LogP) is 3.30. The molecule has 0 radical (unpaired) electrons. The number of benzene rings is 1. The van der Waals surface area contributed by atoms with Crippen molar-refractivity contribution in [2.75, 3.05) is 12.4 Å². The zero-order valence-electron chi connectivity index (χ0n) is 18.6. The third kappa shape index (κ3) is 3.88. The van der Waals surface area contributed by atoms with E-state index in [1.54, 1.807) is 12.1 Å². The summed E-state index contributed by atoms with van der Waals surface area (Å²) in [5, 5.41) is 12.8. The normalized spacial score (nSPS) is 17.9. The number of urea groups is 1. The van der Waals surface area contributed by atoms with Gasteiger partial charge in [0.1, 0.15) is 16.8 Å². The lowest BCUT2D eigenvalue weighted by atomic mass is 9.97. The van der Waals surface area contributed by atoms with Gasteiger partial charge in [-0.1, -0.05) is 0 Å². The number of aromatic nitrogens is 3. The van der Waals surface area contributed by atoms with Crippen LogP contribution in [0.2, 0.25) is 0 Å². The van der Waals surface area contributed by atoms with E-state index in [0.717, 1.165) is 6.42 Å². The van der Waals surface area contributed by atoms with Crippen LogP contribution < -0.4 is 19.9 Å². The molecule has 2 aliphatic rings. The van der Waals surface area contributed by atoms with E-state index in [1.165, 1.54) is 30.3 Å². The molecule has 0 unspecified atom stereocenters.